The molecule has 1 aromatic heterocycles. The molecule has 7 nitrogen and oxygen atoms in total. The van der Waals surface area contributed by atoms with Crippen LogP contribution in [0.4, 0.5) is 17.5 Å². The second-order valence-corrected chi connectivity index (χ2v) is 1.98. The molecule has 58 valence electrons. The minimum Gasteiger partial charge on any atom is -0.369 e. The van der Waals surface area contributed by atoms with Crippen molar-refractivity contribution in [2.75, 3.05) is 16.7 Å². The first kappa shape index (κ1) is 5.98. The van der Waals surface area contributed by atoms with Crippen molar-refractivity contribution in [3.63, 3.8) is 0 Å². The van der Waals surface area contributed by atoms with E-state index in [1.165, 1.54) is 0 Å². The van der Waals surface area contributed by atoms with E-state index in [1.807, 2.05) is 0 Å². The first-order chi connectivity index (χ1) is 5.27. The summed E-state index contributed by atoms with van der Waals surface area (Å²) in [7, 11) is 0. The molecule has 1 aromatic rings. The zero-order valence-corrected chi connectivity index (χ0v) is 5.34. The van der Waals surface area contributed by atoms with Gasteiger partial charge in [-0.2, -0.15) is 9.92 Å². The zero-order valence-electron chi connectivity index (χ0n) is 5.34. The zero-order chi connectivity index (χ0) is 7.84. The standard InChI is InChI=1S/C4H5N5O2/c5-4-6-2-1(3(10)7-4)8-11-9-2/h8H,(H4,5,6,7,9,10). The summed E-state index contributed by atoms with van der Waals surface area (Å²) in [5.41, 5.74) is 9.80. The molecule has 5 N–H and O–H groups in total. The number of hydrogen-bond acceptors (Lipinski definition) is 6. The number of nitrogens with zero attached hydrogens (tertiary/aromatic N) is 1. The van der Waals surface area contributed by atoms with Crippen LogP contribution in [0, 0.1) is 0 Å². The molecule has 2 heterocycles. The number of nitrogens with two attached hydrogens (primary N) is 1. The Hall–Kier alpha value is -1.76. The summed E-state index contributed by atoms with van der Waals surface area (Å²) >= 11 is 0. The van der Waals surface area contributed by atoms with Crippen LogP contribution >= 0.6 is 0 Å². The minimum atomic E-state index is -0.363. The molecule has 0 aliphatic carbocycles. The van der Waals surface area contributed by atoms with E-state index < -0.39 is 0 Å². The molecule has 0 radical (unpaired) electrons. The lowest BCUT2D eigenvalue weighted by atomic mass is 10.5. The van der Waals surface area contributed by atoms with Crippen LogP contribution in [0.25, 0.3) is 0 Å². The molecule has 0 spiro atoms. The third-order valence-corrected chi connectivity index (χ3v) is 1.24. The van der Waals surface area contributed by atoms with Gasteiger partial charge in [-0.25, -0.2) is 11.0 Å². The van der Waals surface area contributed by atoms with E-state index >= 15 is 0 Å². The Balaban J connectivity index is 2.70. The summed E-state index contributed by atoms with van der Waals surface area (Å²) in [6.45, 7) is 0. The number of nitrogen functional groups attached to an aromatic ring is 1. The van der Waals surface area contributed by atoms with Crippen molar-refractivity contribution in [1.29, 1.82) is 0 Å². The fraction of sp³-hybridized carbons (Fsp3) is 0. The normalized spacial score (nSPS) is 13.5. The summed E-state index contributed by atoms with van der Waals surface area (Å²) in [6.07, 6.45) is 0. The van der Waals surface area contributed by atoms with Crippen molar-refractivity contribution in [3.8, 4) is 0 Å². The van der Waals surface area contributed by atoms with Gasteiger partial charge in [-0.15, -0.1) is 0 Å². The van der Waals surface area contributed by atoms with Gasteiger partial charge in [0.05, 0.1) is 0 Å². The van der Waals surface area contributed by atoms with E-state index in [1.54, 1.807) is 0 Å². The van der Waals surface area contributed by atoms with E-state index in [0.717, 1.165) is 0 Å². The highest BCUT2D eigenvalue weighted by atomic mass is 16.8. The van der Waals surface area contributed by atoms with Gasteiger partial charge >= 0.3 is 0 Å². The maximum Gasteiger partial charge on any atom is 0.280 e. The number of fused-ring (bicyclic) bond motifs is 1. The summed E-state index contributed by atoms with van der Waals surface area (Å²) in [6, 6.07) is 0. The second kappa shape index (κ2) is 1.86. The molecular formula is C4H5N5O2. The fourth-order valence-corrected chi connectivity index (χ4v) is 0.784. The van der Waals surface area contributed by atoms with Gasteiger partial charge in [-0.3, -0.25) is 9.78 Å². The molecule has 0 amide bonds. The van der Waals surface area contributed by atoms with Crippen LogP contribution < -0.4 is 22.3 Å². The van der Waals surface area contributed by atoms with Gasteiger partial charge in [0.15, 0.2) is 11.5 Å². The number of rotatable bonds is 0. The molecule has 0 fully saturated rings. The van der Waals surface area contributed by atoms with Crippen molar-refractivity contribution in [1.82, 2.24) is 9.97 Å². The second-order valence-electron chi connectivity index (χ2n) is 1.98. The van der Waals surface area contributed by atoms with Crippen molar-refractivity contribution in [3.05, 3.63) is 10.4 Å². The van der Waals surface area contributed by atoms with Crippen LogP contribution in [0.5, 0.6) is 0 Å². The first-order valence-electron chi connectivity index (χ1n) is 2.85. The van der Waals surface area contributed by atoms with Gasteiger partial charge in [0.1, 0.15) is 0 Å². The molecular weight excluding hydrogens is 150 g/mol. The van der Waals surface area contributed by atoms with Gasteiger partial charge in [-0.05, 0) is 0 Å². The third-order valence-electron chi connectivity index (χ3n) is 1.24. The predicted molar refractivity (Wildman–Crippen MR) is 37.6 cm³/mol. The first-order valence-corrected chi connectivity index (χ1v) is 2.85. The van der Waals surface area contributed by atoms with E-state index in [4.69, 9.17) is 5.73 Å². The molecule has 0 bridgehead atoms. The lowest BCUT2D eigenvalue weighted by molar-refractivity contribution is 0.281. The van der Waals surface area contributed by atoms with Gasteiger partial charge in [0.25, 0.3) is 5.56 Å². The van der Waals surface area contributed by atoms with Crippen LogP contribution in [0.3, 0.4) is 0 Å². The monoisotopic (exact) mass is 155 g/mol. The Kier molecular flexibility index (Phi) is 1.01. The van der Waals surface area contributed by atoms with Crippen molar-refractivity contribution < 1.29 is 4.94 Å². The average Bonchev–Trinajstić information content (AvgIpc) is 2.34. The fourth-order valence-electron chi connectivity index (χ4n) is 0.784. The number of anilines is 3. The molecule has 0 unspecified atom stereocenters. The quantitative estimate of drug-likeness (QED) is 0.384. The average molecular weight is 155 g/mol. The van der Waals surface area contributed by atoms with Crippen molar-refractivity contribution >= 4 is 17.5 Å². The Morgan fingerprint density at radius 2 is 2.27 bits per heavy atom. The van der Waals surface area contributed by atoms with Gasteiger partial charge in [-0.1, -0.05) is 0 Å². The molecule has 0 aromatic carbocycles. The highest BCUT2D eigenvalue weighted by Gasteiger charge is 2.15. The van der Waals surface area contributed by atoms with E-state index in [-0.39, 0.29) is 17.2 Å². The minimum absolute atomic E-state index is 0.0496. The lowest BCUT2D eigenvalue weighted by Crippen LogP contribution is -2.12. The maximum absolute atomic E-state index is 11.0. The summed E-state index contributed by atoms with van der Waals surface area (Å²) in [4.78, 5) is 21.5. The molecule has 7 heteroatoms. The predicted octanol–water partition coefficient (Wildman–Crippen LogP) is -0.964. The topological polar surface area (TPSA) is 105 Å². The summed E-state index contributed by atoms with van der Waals surface area (Å²) < 4.78 is 0. The third kappa shape index (κ3) is 0.783. The van der Waals surface area contributed by atoms with Crippen LogP contribution in [-0.4, -0.2) is 9.97 Å². The van der Waals surface area contributed by atoms with Crippen LogP contribution in [-0.2, 0) is 4.94 Å². The van der Waals surface area contributed by atoms with Crippen molar-refractivity contribution in [2.45, 2.75) is 0 Å². The number of H-pyrrole nitrogens is 1. The van der Waals surface area contributed by atoms with Crippen LogP contribution in [0.2, 0.25) is 0 Å². The number of hydrogen-bond donors (Lipinski definition) is 4. The Bertz CT molecular complexity index is 345. The number of nitrogens with one attached hydrogen (secondary N) is 3. The molecule has 0 saturated carbocycles. The van der Waals surface area contributed by atoms with Gasteiger partial charge in [0.2, 0.25) is 5.95 Å². The van der Waals surface area contributed by atoms with Crippen LogP contribution in [0.1, 0.15) is 0 Å². The summed E-state index contributed by atoms with van der Waals surface area (Å²) in [5.74, 6) is 0.347. The number of aromatic amines is 1. The highest BCUT2D eigenvalue weighted by Crippen LogP contribution is 2.18. The molecule has 11 heavy (non-hydrogen) atoms. The molecule has 1 aliphatic heterocycles. The largest absolute Gasteiger partial charge is 0.369 e. The highest BCUT2D eigenvalue weighted by molar-refractivity contribution is 5.64. The Labute approximate surface area is 60.5 Å². The summed E-state index contributed by atoms with van der Waals surface area (Å²) in [5, 5.41) is 0. The smallest absolute Gasteiger partial charge is 0.280 e. The van der Waals surface area contributed by atoms with Crippen molar-refractivity contribution in [2.24, 2.45) is 0 Å². The van der Waals surface area contributed by atoms with E-state index in [2.05, 4.69) is 25.9 Å². The molecule has 1 aliphatic rings. The molecule has 0 atom stereocenters. The number of aromatic nitrogens is 2. The van der Waals surface area contributed by atoms with Crippen LogP contribution in [0.15, 0.2) is 4.79 Å². The van der Waals surface area contributed by atoms with Gasteiger partial charge in [0, 0.05) is 0 Å². The maximum atomic E-state index is 11.0. The van der Waals surface area contributed by atoms with Gasteiger partial charge < -0.3 is 5.73 Å². The molecule has 2 rings (SSSR count). The Morgan fingerprint density at radius 3 is 3.09 bits per heavy atom. The molecule has 0 saturated heterocycles. The lowest BCUT2D eigenvalue weighted by Gasteiger charge is -1.93. The SMILES string of the molecule is Nc1nc2c(c(=O)[nH]1)NON2. The van der Waals surface area contributed by atoms with E-state index in [9.17, 15) is 4.79 Å². The Morgan fingerprint density at radius 1 is 1.45 bits per heavy atom. The van der Waals surface area contributed by atoms with E-state index in [0.29, 0.717) is 5.82 Å².